The summed E-state index contributed by atoms with van der Waals surface area (Å²) in [5, 5.41) is 0. The van der Waals surface area contributed by atoms with Crippen molar-refractivity contribution < 1.29 is 14.3 Å². The fourth-order valence-corrected chi connectivity index (χ4v) is 3.02. The van der Waals surface area contributed by atoms with Crippen LogP contribution in [-0.4, -0.2) is 73.0 Å². The Morgan fingerprint density at radius 1 is 1.27 bits per heavy atom. The van der Waals surface area contributed by atoms with Gasteiger partial charge in [0.2, 0.25) is 11.8 Å². The van der Waals surface area contributed by atoms with Crippen LogP contribution in [0.15, 0.2) is 6.07 Å². The molecule has 1 aliphatic rings. The van der Waals surface area contributed by atoms with E-state index in [9.17, 15) is 9.59 Å². The molecule has 2 rings (SSSR count). The molecule has 2 heterocycles. The average molecular weight is 363 g/mol. The van der Waals surface area contributed by atoms with Crippen molar-refractivity contribution in [2.45, 2.75) is 38.8 Å². The van der Waals surface area contributed by atoms with Crippen molar-refractivity contribution in [2.75, 3.05) is 46.3 Å². The number of methoxy groups -OCH3 is 1. The van der Waals surface area contributed by atoms with Crippen LogP contribution in [0.1, 0.15) is 43.7 Å². The predicted octanol–water partition coefficient (Wildman–Crippen LogP) is 1.22. The lowest BCUT2D eigenvalue weighted by molar-refractivity contribution is -0.139. The quantitative estimate of drug-likeness (QED) is 0.756. The molecule has 26 heavy (non-hydrogen) atoms. The van der Waals surface area contributed by atoms with Gasteiger partial charge in [0.15, 0.2) is 5.82 Å². The molecule has 144 valence electrons. The second-order valence-corrected chi connectivity index (χ2v) is 6.88. The molecule has 1 aromatic heterocycles. The molecule has 1 fully saturated rings. The van der Waals surface area contributed by atoms with Gasteiger partial charge in [-0.05, 0) is 19.3 Å². The van der Waals surface area contributed by atoms with Crippen molar-refractivity contribution in [3.8, 4) is 0 Å². The lowest BCUT2D eigenvalue weighted by atomic mass is 10.0. The summed E-state index contributed by atoms with van der Waals surface area (Å²) in [4.78, 5) is 38.7. The maximum Gasteiger partial charge on any atom is 0.249 e. The molecule has 0 spiro atoms. The summed E-state index contributed by atoms with van der Waals surface area (Å²) in [7, 11) is 7.10. The van der Waals surface area contributed by atoms with Crippen molar-refractivity contribution in [2.24, 2.45) is 0 Å². The van der Waals surface area contributed by atoms with Gasteiger partial charge in [0, 0.05) is 47.8 Å². The Bertz CT molecular complexity index is 650. The predicted molar refractivity (Wildman–Crippen MR) is 98.7 cm³/mol. The maximum atomic E-state index is 12.4. The summed E-state index contributed by atoms with van der Waals surface area (Å²) in [5.74, 6) is 1.34. The van der Waals surface area contributed by atoms with Gasteiger partial charge in [-0.25, -0.2) is 9.97 Å². The van der Waals surface area contributed by atoms with E-state index in [1.54, 1.807) is 11.9 Å². The van der Waals surface area contributed by atoms with Gasteiger partial charge in [-0.3, -0.25) is 9.59 Å². The van der Waals surface area contributed by atoms with E-state index in [0.717, 1.165) is 30.8 Å². The number of likely N-dealkylation sites (tertiary alicyclic amines) is 1. The largest absolute Gasteiger partial charge is 0.375 e. The van der Waals surface area contributed by atoms with E-state index in [1.165, 1.54) is 14.0 Å². The van der Waals surface area contributed by atoms with Gasteiger partial charge >= 0.3 is 0 Å². The smallest absolute Gasteiger partial charge is 0.249 e. The number of carbonyl (C=O) groups excluding carboxylic acids is 2. The Balaban J connectivity index is 2.37. The minimum Gasteiger partial charge on any atom is -0.375 e. The lowest BCUT2D eigenvalue weighted by Crippen LogP contribution is -2.41. The SMILES string of the molecule is COCC(=O)N1CCCC[C@H]1c1nc(CN(C)C(C)=O)cc(N(C)C)n1. The maximum absolute atomic E-state index is 12.4. The Hall–Kier alpha value is -2.22. The molecular weight excluding hydrogens is 334 g/mol. The van der Waals surface area contributed by atoms with E-state index in [-0.39, 0.29) is 24.5 Å². The molecule has 0 saturated carbocycles. The molecule has 0 unspecified atom stereocenters. The third kappa shape index (κ3) is 4.91. The first-order valence-electron chi connectivity index (χ1n) is 8.88. The first-order chi connectivity index (χ1) is 12.3. The Morgan fingerprint density at radius 3 is 2.62 bits per heavy atom. The van der Waals surface area contributed by atoms with Gasteiger partial charge in [0.1, 0.15) is 12.4 Å². The van der Waals surface area contributed by atoms with Crippen molar-refractivity contribution in [3.05, 3.63) is 17.6 Å². The van der Waals surface area contributed by atoms with Crippen LogP contribution < -0.4 is 4.90 Å². The van der Waals surface area contributed by atoms with E-state index >= 15 is 0 Å². The Morgan fingerprint density at radius 2 is 2.00 bits per heavy atom. The van der Waals surface area contributed by atoms with Crippen molar-refractivity contribution in [1.82, 2.24) is 19.8 Å². The third-order valence-electron chi connectivity index (χ3n) is 4.57. The monoisotopic (exact) mass is 363 g/mol. The highest BCUT2D eigenvalue weighted by Crippen LogP contribution is 2.30. The number of amides is 2. The van der Waals surface area contributed by atoms with E-state index in [4.69, 9.17) is 4.74 Å². The van der Waals surface area contributed by atoms with E-state index in [1.807, 2.05) is 30.0 Å². The van der Waals surface area contributed by atoms with Crippen LogP contribution in [-0.2, 0) is 20.9 Å². The van der Waals surface area contributed by atoms with Crippen LogP contribution in [0.4, 0.5) is 5.82 Å². The van der Waals surface area contributed by atoms with Crippen molar-refractivity contribution in [1.29, 1.82) is 0 Å². The molecular formula is C18H29N5O3. The van der Waals surface area contributed by atoms with Crippen LogP contribution >= 0.6 is 0 Å². The Kier molecular flexibility index (Phi) is 6.90. The fourth-order valence-electron chi connectivity index (χ4n) is 3.02. The number of piperidine rings is 1. The molecule has 0 bridgehead atoms. The van der Waals surface area contributed by atoms with E-state index < -0.39 is 0 Å². The van der Waals surface area contributed by atoms with Crippen molar-refractivity contribution in [3.63, 3.8) is 0 Å². The number of ether oxygens (including phenoxy) is 1. The van der Waals surface area contributed by atoms with Gasteiger partial charge in [0.05, 0.1) is 18.3 Å². The highest BCUT2D eigenvalue weighted by Gasteiger charge is 2.30. The molecule has 1 saturated heterocycles. The Labute approximate surface area is 155 Å². The van der Waals surface area contributed by atoms with Gasteiger partial charge in [-0.1, -0.05) is 0 Å². The minimum atomic E-state index is -0.160. The third-order valence-corrected chi connectivity index (χ3v) is 4.57. The van der Waals surface area contributed by atoms with Crippen LogP contribution in [0.25, 0.3) is 0 Å². The summed E-state index contributed by atoms with van der Waals surface area (Å²) in [5.41, 5.74) is 0.765. The van der Waals surface area contributed by atoms with Gasteiger partial charge in [-0.15, -0.1) is 0 Å². The molecule has 1 atom stereocenters. The first-order valence-corrected chi connectivity index (χ1v) is 8.88. The average Bonchev–Trinajstić information content (AvgIpc) is 2.61. The summed E-state index contributed by atoms with van der Waals surface area (Å²) in [6.07, 6.45) is 2.83. The van der Waals surface area contributed by atoms with E-state index in [2.05, 4.69) is 9.97 Å². The number of hydrogen-bond donors (Lipinski definition) is 0. The lowest BCUT2D eigenvalue weighted by Gasteiger charge is -2.35. The number of hydrogen-bond acceptors (Lipinski definition) is 6. The highest BCUT2D eigenvalue weighted by atomic mass is 16.5. The van der Waals surface area contributed by atoms with Crippen LogP contribution in [0.2, 0.25) is 0 Å². The molecule has 1 aliphatic heterocycles. The second kappa shape index (κ2) is 8.93. The molecule has 8 heteroatoms. The van der Waals surface area contributed by atoms with E-state index in [0.29, 0.717) is 18.9 Å². The molecule has 2 amide bonds. The summed E-state index contributed by atoms with van der Waals surface area (Å²) in [6, 6.07) is 1.72. The number of rotatable bonds is 6. The zero-order valence-corrected chi connectivity index (χ0v) is 16.4. The van der Waals surface area contributed by atoms with Gasteiger partial charge in [0.25, 0.3) is 0 Å². The molecule has 0 N–H and O–H groups in total. The first kappa shape index (κ1) is 20.1. The molecule has 0 radical (unpaired) electrons. The van der Waals surface area contributed by atoms with Crippen LogP contribution in [0.5, 0.6) is 0 Å². The number of nitrogens with zero attached hydrogens (tertiary/aromatic N) is 5. The molecule has 1 aromatic rings. The second-order valence-electron chi connectivity index (χ2n) is 6.88. The van der Waals surface area contributed by atoms with Crippen LogP contribution in [0, 0.1) is 0 Å². The highest BCUT2D eigenvalue weighted by molar-refractivity contribution is 5.78. The number of aromatic nitrogens is 2. The zero-order chi connectivity index (χ0) is 19.3. The van der Waals surface area contributed by atoms with Crippen LogP contribution in [0.3, 0.4) is 0 Å². The summed E-state index contributed by atoms with van der Waals surface area (Å²) >= 11 is 0. The minimum absolute atomic E-state index is 0.0221. The van der Waals surface area contributed by atoms with Crippen molar-refractivity contribution >= 4 is 17.6 Å². The zero-order valence-electron chi connectivity index (χ0n) is 16.4. The molecule has 8 nitrogen and oxygen atoms in total. The number of anilines is 1. The van der Waals surface area contributed by atoms with Gasteiger partial charge < -0.3 is 19.4 Å². The number of carbonyl (C=O) groups is 2. The summed E-state index contributed by atoms with van der Waals surface area (Å²) < 4.78 is 5.02. The summed E-state index contributed by atoms with van der Waals surface area (Å²) in [6.45, 7) is 2.68. The standard InChI is InChI=1S/C18H29N5O3/c1-13(24)22(4)11-14-10-16(21(2)3)20-18(19-14)15-8-6-7-9-23(15)17(25)12-26-5/h10,15H,6-9,11-12H2,1-5H3/t15-/m0/s1. The molecule has 0 aromatic carbocycles. The van der Waals surface area contributed by atoms with Gasteiger partial charge in [-0.2, -0.15) is 0 Å². The topological polar surface area (TPSA) is 78.9 Å². The molecule has 0 aliphatic carbocycles. The normalized spacial score (nSPS) is 17.1. The fraction of sp³-hybridized carbons (Fsp3) is 0.667.